The fourth-order valence-corrected chi connectivity index (χ4v) is 1.47. The summed E-state index contributed by atoms with van der Waals surface area (Å²) >= 11 is 11.8. The minimum absolute atomic E-state index is 0.153. The number of aliphatic hydroxyl groups excluding tert-OH is 1. The SMILES string of the molecule is Cc1ncc(C(=O)NCC(C)O)c(Cl)c1Cl. The van der Waals surface area contributed by atoms with Crippen molar-refractivity contribution in [2.24, 2.45) is 0 Å². The number of hydrogen-bond donors (Lipinski definition) is 2. The number of carbonyl (C=O) groups is 1. The van der Waals surface area contributed by atoms with Crippen LogP contribution in [0, 0.1) is 6.92 Å². The number of aromatic nitrogens is 1. The molecule has 2 N–H and O–H groups in total. The second kappa shape index (κ2) is 5.48. The first kappa shape index (κ1) is 13.2. The molecule has 1 heterocycles. The molecule has 0 saturated carbocycles. The molecule has 4 nitrogen and oxygen atoms in total. The van der Waals surface area contributed by atoms with Gasteiger partial charge in [0.05, 0.1) is 27.4 Å². The van der Waals surface area contributed by atoms with Crippen molar-refractivity contribution in [3.63, 3.8) is 0 Å². The summed E-state index contributed by atoms with van der Waals surface area (Å²) in [7, 11) is 0. The quantitative estimate of drug-likeness (QED) is 0.874. The van der Waals surface area contributed by atoms with E-state index < -0.39 is 12.0 Å². The summed E-state index contributed by atoms with van der Waals surface area (Å²) in [6.45, 7) is 3.43. The highest BCUT2D eigenvalue weighted by atomic mass is 35.5. The first-order valence-electron chi connectivity index (χ1n) is 4.70. The van der Waals surface area contributed by atoms with Gasteiger partial charge in [-0.05, 0) is 13.8 Å². The van der Waals surface area contributed by atoms with Gasteiger partial charge in [-0.1, -0.05) is 23.2 Å². The van der Waals surface area contributed by atoms with Crippen LogP contribution in [0.4, 0.5) is 0 Å². The van der Waals surface area contributed by atoms with Crippen LogP contribution in [0.3, 0.4) is 0 Å². The van der Waals surface area contributed by atoms with Crippen molar-refractivity contribution in [3.8, 4) is 0 Å². The number of halogens is 2. The molecule has 0 aliphatic rings. The fraction of sp³-hybridized carbons (Fsp3) is 0.400. The molecule has 0 spiro atoms. The lowest BCUT2D eigenvalue weighted by Gasteiger charge is -2.09. The Morgan fingerprint density at radius 1 is 1.56 bits per heavy atom. The monoisotopic (exact) mass is 262 g/mol. The molecule has 0 aromatic carbocycles. The molecule has 88 valence electrons. The number of carbonyl (C=O) groups excluding carboxylic acids is 1. The highest BCUT2D eigenvalue weighted by molar-refractivity contribution is 6.44. The zero-order valence-electron chi connectivity index (χ0n) is 8.92. The Kier molecular flexibility index (Phi) is 4.53. The van der Waals surface area contributed by atoms with Crippen LogP contribution in [0.1, 0.15) is 23.0 Å². The zero-order chi connectivity index (χ0) is 12.3. The Morgan fingerprint density at radius 3 is 2.75 bits per heavy atom. The minimum Gasteiger partial charge on any atom is -0.392 e. The molecular formula is C10H12Cl2N2O2. The van der Waals surface area contributed by atoms with Crippen molar-refractivity contribution in [3.05, 3.63) is 27.5 Å². The molecule has 16 heavy (non-hydrogen) atoms. The van der Waals surface area contributed by atoms with E-state index >= 15 is 0 Å². The first-order valence-corrected chi connectivity index (χ1v) is 5.46. The van der Waals surface area contributed by atoms with E-state index in [4.69, 9.17) is 28.3 Å². The number of hydrogen-bond acceptors (Lipinski definition) is 3. The summed E-state index contributed by atoms with van der Waals surface area (Å²) in [5.41, 5.74) is 0.775. The molecule has 1 unspecified atom stereocenters. The summed E-state index contributed by atoms with van der Waals surface area (Å²) in [5, 5.41) is 12.0. The average Bonchev–Trinajstić information content (AvgIpc) is 2.23. The molecule has 6 heteroatoms. The Hall–Kier alpha value is -0.840. The van der Waals surface area contributed by atoms with E-state index in [1.165, 1.54) is 6.20 Å². The smallest absolute Gasteiger partial charge is 0.254 e. The Bertz CT molecular complexity index is 408. The lowest BCUT2D eigenvalue weighted by atomic mass is 10.2. The molecule has 0 fully saturated rings. The second-order valence-electron chi connectivity index (χ2n) is 3.44. The van der Waals surface area contributed by atoms with E-state index in [1.807, 2.05) is 0 Å². The van der Waals surface area contributed by atoms with Gasteiger partial charge in [-0.2, -0.15) is 0 Å². The summed E-state index contributed by atoms with van der Waals surface area (Å²) in [6.07, 6.45) is 0.748. The van der Waals surface area contributed by atoms with Crippen molar-refractivity contribution in [1.82, 2.24) is 10.3 Å². The van der Waals surface area contributed by atoms with Gasteiger partial charge in [0.2, 0.25) is 0 Å². The second-order valence-corrected chi connectivity index (χ2v) is 4.20. The van der Waals surface area contributed by atoms with Crippen molar-refractivity contribution in [2.45, 2.75) is 20.0 Å². The molecule has 1 rings (SSSR count). The average molecular weight is 263 g/mol. The van der Waals surface area contributed by atoms with Crippen molar-refractivity contribution in [2.75, 3.05) is 6.54 Å². The van der Waals surface area contributed by atoms with Gasteiger partial charge in [0.25, 0.3) is 5.91 Å². The van der Waals surface area contributed by atoms with Crippen LogP contribution in [0.25, 0.3) is 0 Å². The normalized spacial score (nSPS) is 12.3. The van der Waals surface area contributed by atoms with Crippen LogP contribution in [0.15, 0.2) is 6.20 Å². The van der Waals surface area contributed by atoms with Crippen LogP contribution in [-0.4, -0.2) is 28.6 Å². The molecule has 1 amide bonds. The fourth-order valence-electron chi connectivity index (χ4n) is 1.05. The number of nitrogens with one attached hydrogen (secondary N) is 1. The van der Waals surface area contributed by atoms with E-state index in [0.29, 0.717) is 5.69 Å². The highest BCUT2D eigenvalue weighted by Crippen LogP contribution is 2.27. The highest BCUT2D eigenvalue weighted by Gasteiger charge is 2.15. The summed E-state index contributed by atoms with van der Waals surface area (Å²) in [5.74, 6) is -0.402. The Labute approximate surface area is 104 Å². The molecule has 0 aliphatic heterocycles. The molecule has 0 bridgehead atoms. The third-order valence-electron chi connectivity index (χ3n) is 1.94. The number of nitrogens with zero attached hydrogens (tertiary/aromatic N) is 1. The van der Waals surface area contributed by atoms with Crippen LogP contribution in [0.5, 0.6) is 0 Å². The lowest BCUT2D eigenvalue weighted by molar-refractivity contribution is 0.0924. The maximum atomic E-state index is 11.6. The Balaban J connectivity index is 2.88. The van der Waals surface area contributed by atoms with Crippen molar-refractivity contribution in [1.29, 1.82) is 0 Å². The number of pyridine rings is 1. The van der Waals surface area contributed by atoms with E-state index in [0.717, 1.165) is 0 Å². The predicted molar refractivity (Wildman–Crippen MR) is 63.0 cm³/mol. The van der Waals surface area contributed by atoms with E-state index in [9.17, 15) is 4.79 Å². The number of aliphatic hydroxyl groups is 1. The van der Waals surface area contributed by atoms with Crippen LogP contribution < -0.4 is 5.32 Å². The zero-order valence-corrected chi connectivity index (χ0v) is 10.4. The number of aryl methyl sites for hydroxylation is 1. The van der Waals surface area contributed by atoms with Gasteiger partial charge in [-0.25, -0.2) is 0 Å². The topological polar surface area (TPSA) is 62.2 Å². The summed E-state index contributed by atoms with van der Waals surface area (Å²) < 4.78 is 0. The number of amides is 1. The largest absolute Gasteiger partial charge is 0.392 e. The maximum Gasteiger partial charge on any atom is 0.254 e. The van der Waals surface area contributed by atoms with Crippen molar-refractivity contribution < 1.29 is 9.90 Å². The third kappa shape index (κ3) is 3.07. The van der Waals surface area contributed by atoms with E-state index in [1.54, 1.807) is 13.8 Å². The summed E-state index contributed by atoms with van der Waals surface area (Å²) in [4.78, 5) is 15.6. The van der Waals surface area contributed by atoms with Crippen LogP contribution in [-0.2, 0) is 0 Å². The van der Waals surface area contributed by atoms with Gasteiger partial charge >= 0.3 is 0 Å². The minimum atomic E-state index is -0.614. The van der Waals surface area contributed by atoms with Crippen molar-refractivity contribution >= 4 is 29.1 Å². The molecule has 0 aliphatic carbocycles. The molecule has 1 atom stereocenters. The molecule has 1 aromatic heterocycles. The molecule has 0 radical (unpaired) electrons. The Morgan fingerprint density at radius 2 is 2.19 bits per heavy atom. The van der Waals surface area contributed by atoms with Gasteiger partial charge < -0.3 is 10.4 Å². The van der Waals surface area contributed by atoms with Gasteiger partial charge in [0.1, 0.15) is 0 Å². The van der Waals surface area contributed by atoms with Gasteiger partial charge in [-0.15, -0.1) is 0 Å². The van der Waals surface area contributed by atoms with Crippen LogP contribution in [0.2, 0.25) is 10.0 Å². The van der Waals surface area contributed by atoms with Crippen LogP contribution >= 0.6 is 23.2 Å². The predicted octanol–water partition coefficient (Wildman–Crippen LogP) is 1.81. The van der Waals surface area contributed by atoms with Gasteiger partial charge in [0, 0.05) is 12.7 Å². The molecular weight excluding hydrogens is 251 g/mol. The molecule has 1 aromatic rings. The third-order valence-corrected chi connectivity index (χ3v) is 2.89. The maximum absolute atomic E-state index is 11.6. The first-order chi connectivity index (χ1) is 7.43. The standard InChI is InChI=1S/C10H12Cl2N2O2/c1-5(15)3-14-10(16)7-4-13-6(2)8(11)9(7)12/h4-5,15H,3H2,1-2H3,(H,14,16). The van der Waals surface area contributed by atoms with Gasteiger partial charge in [-0.3, -0.25) is 9.78 Å². The van der Waals surface area contributed by atoms with Gasteiger partial charge in [0.15, 0.2) is 0 Å². The molecule has 0 saturated heterocycles. The lowest BCUT2D eigenvalue weighted by Crippen LogP contribution is -2.30. The number of rotatable bonds is 3. The summed E-state index contributed by atoms with van der Waals surface area (Å²) in [6, 6.07) is 0. The van der Waals surface area contributed by atoms with E-state index in [2.05, 4.69) is 10.3 Å². The van der Waals surface area contributed by atoms with E-state index in [-0.39, 0.29) is 22.2 Å².